The first-order chi connectivity index (χ1) is 5.24. The van der Waals surface area contributed by atoms with E-state index in [1.54, 1.807) is 0 Å². The molecular formula is C10H20S. The van der Waals surface area contributed by atoms with E-state index in [1.165, 1.54) is 25.7 Å². The molecule has 0 aromatic heterocycles. The van der Waals surface area contributed by atoms with Crippen LogP contribution in [0.5, 0.6) is 0 Å². The van der Waals surface area contributed by atoms with Crippen LogP contribution in [-0.4, -0.2) is 10.5 Å². The van der Waals surface area contributed by atoms with E-state index in [9.17, 15) is 0 Å². The molecule has 0 amide bonds. The molecule has 0 aromatic carbocycles. The van der Waals surface area contributed by atoms with Crippen molar-refractivity contribution in [3.05, 3.63) is 0 Å². The van der Waals surface area contributed by atoms with Crippen LogP contribution in [0, 0.1) is 5.92 Å². The first-order valence-electron chi connectivity index (χ1n) is 4.89. The first-order valence-corrected chi connectivity index (χ1v) is 5.83. The lowest BCUT2D eigenvalue weighted by molar-refractivity contribution is 0.531. The average Bonchev–Trinajstić information content (AvgIpc) is 2.28. The molecule has 1 fully saturated rings. The highest BCUT2D eigenvalue weighted by Crippen LogP contribution is 2.39. The maximum absolute atomic E-state index is 2.39. The Morgan fingerprint density at radius 1 is 1.36 bits per heavy atom. The Kier molecular flexibility index (Phi) is 3.77. The molecule has 66 valence electrons. The van der Waals surface area contributed by atoms with Crippen LogP contribution < -0.4 is 0 Å². The number of unbranched alkanes of at least 4 members (excludes halogenated alkanes) is 1. The van der Waals surface area contributed by atoms with E-state index >= 15 is 0 Å². The van der Waals surface area contributed by atoms with Gasteiger partial charge in [0, 0.05) is 10.5 Å². The predicted octanol–water partition coefficient (Wildman–Crippen LogP) is 3.71. The lowest BCUT2D eigenvalue weighted by atomic mass is 10.0. The van der Waals surface area contributed by atoms with Gasteiger partial charge in [0.2, 0.25) is 0 Å². The number of rotatable bonds is 3. The minimum Gasteiger partial charge on any atom is -0.155 e. The SMILES string of the molecule is CCCCC1CC(C)C(C)S1. The van der Waals surface area contributed by atoms with Gasteiger partial charge in [-0.3, -0.25) is 0 Å². The van der Waals surface area contributed by atoms with Gasteiger partial charge < -0.3 is 0 Å². The molecule has 0 aromatic rings. The van der Waals surface area contributed by atoms with Gasteiger partial charge in [0.25, 0.3) is 0 Å². The summed E-state index contributed by atoms with van der Waals surface area (Å²) in [5.41, 5.74) is 0. The standard InChI is InChI=1S/C10H20S/c1-4-5-6-10-7-8(2)9(3)11-10/h8-10H,4-7H2,1-3H3. The third-order valence-electron chi connectivity index (χ3n) is 2.72. The highest BCUT2D eigenvalue weighted by Gasteiger charge is 2.27. The Balaban J connectivity index is 2.18. The van der Waals surface area contributed by atoms with Crippen LogP contribution in [0.4, 0.5) is 0 Å². The quantitative estimate of drug-likeness (QED) is 0.625. The van der Waals surface area contributed by atoms with Gasteiger partial charge in [-0.05, 0) is 18.8 Å². The van der Waals surface area contributed by atoms with Crippen LogP contribution in [0.25, 0.3) is 0 Å². The van der Waals surface area contributed by atoms with Crippen molar-refractivity contribution in [3.8, 4) is 0 Å². The maximum atomic E-state index is 2.39. The molecule has 11 heavy (non-hydrogen) atoms. The van der Waals surface area contributed by atoms with Crippen molar-refractivity contribution < 1.29 is 0 Å². The van der Waals surface area contributed by atoms with Crippen molar-refractivity contribution in [1.82, 2.24) is 0 Å². The van der Waals surface area contributed by atoms with E-state index in [0.717, 1.165) is 16.4 Å². The Labute approximate surface area is 75.1 Å². The molecule has 1 saturated heterocycles. The predicted molar refractivity (Wildman–Crippen MR) is 54.1 cm³/mol. The zero-order valence-electron chi connectivity index (χ0n) is 7.97. The molecule has 3 unspecified atom stereocenters. The molecule has 1 rings (SSSR count). The van der Waals surface area contributed by atoms with Crippen LogP contribution >= 0.6 is 11.8 Å². The van der Waals surface area contributed by atoms with Crippen LogP contribution in [0.3, 0.4) is 0 Å². The molecule has 0 nitrogen and oxygen atoms in total. The summed E-state index contributed by atoms with van der Waals surface area (Å²) >= 11 is 2.21. The van der Waals surface area contributed by atoms with E-state index in [2.05, 4.69) is 32.5 Å². The molecule has 1 heteroatoms. The van der Waals surface area contributed by atoms with E-state index in [-0.39, 0.29) is 0 Å². The zero-order valence-corrected chi connectivity index (χ0v) is 8.79. The molecule has 0 saturated carbocycles. The molecule has 1 aliphatic heterocycles. The van der Waals surface area contributed by atoms with Gasteiger partial charge in [-0.25, -0.2) is 0 Å². The molecule has 1 aliphatic rings. The molecule has 0 radical (unpaired) electrons. The summed E-state index contributed by atoms with van der Waals surface area (Å²) in [6, 6.07) is 0. The second-order valence-corrected chi connectivity index (χ2v) is 5.50. The minimum absolute atomic E-state index is 0.914. The summed E-state index contributed by atoms with van der Waals surface area (Å²) in [4.78, 5) is 0. The summed E-state index contributed by atoms with van der Waals surface area (Å²) in [5.74, 6) is 0.960. The molecule has 1 heterocycles. The van der Waals surface area contributed by atoms with Gasteiger partial charge in [0.05, 0.1) is 0 Å². The van der Waals surface area contributed by atoms with E-state index in [0.29, 0.717) is 0 Å². The molecular weight excluding hydrogens is 152 g/mol. The van der Waals surface area contributed by atoms with Crippen LogP contribution in [-0.2, 0) is 0 Å². The summed E-state index contributed by atoms with van der Waals surface area (Å²) in [6.45, 7) is 7.05. The van der Waals surface area contributed by atoms with Crippen molar-refractivity contribution in [2.24, 2.45) is 5.92 Å². The second kappa shape index (κ2) is 4.39. The van der Waals surface area contributed by atoms with Crippen molar-refractivity contribution >= 4 is 11.8 Å². The van der Waals surface area contributed by atoms with Crippen molar-refractivity contribution in [1.29, 1.82) is 0 Å². The fourth-order valence-electron chi connectivity index (χ4n) is 1.72. The van der Waals surface area contributed by atoms with Crippen molar-refractivity contribution in [3.63, 3.8) is 0 Å². The number of hydrogen-bond acceptors (Lipinski definition) is 1. The van der Waals surface area contributed by atoms with Crippen molar-refractivity contribution in [2.45, 2.75) is 57.0 Å². The van der Waals surface area contributed by atoms with Gasteiger partial charge in [-0.1, -0.05) is 33.6 Å². The Morgan fingerprint density at radius 2 is 2.09 bits per heavy atom. The minimum atomic E-state index is 0.914. The Morgan fingerprint density at radius 3 is 2.55 bits per heavy atom. The highest BCUT2D eigenvalue weighted by molar-refractivity contribution is 8.00. The summed E-state index contributed by atoms with van der Waals surface area (Å²) in [5, 5.41) is 1.90. The Bertz CT molecular complexity index is 101. The van der Waals surface area contributed by atoms with E-state index < -0.39 is 0 Å². The molecule has 0 N–H and O–H groups in total. The van der Waals surface area contributed by atoms with Crippen LogP contribution in [0.2, 0.25) is 0 Å². The summed E-state index contributed by atoms with van der Waals surface area (Å²) in [6.07, 6.45) is 5.71. The third-order valence-corrected chi connectivity index (χ3v) is 4.43. The molecule has 0 spiro atoms. The summed E-state index contributed by atoms with van der Waals surface area (Å²) < 4.78 is 0. The second-order valence-electron chi connectivity index (χ2n) is 3.82. The van der Waals surface area contributed by atoms with E-state index in [1.807, 2.05) is 0 Å². The van der Waals surface area contributed by atoms with Crippen molar-refractivity contribution in [2.75, 3.05) is 0 Å². The fraction of sp³-hybridized carbons (Fsp3) is 1.00. The highest BCUT2D eigenvalue weighted by atomic mass is 32.2. The normalized spacial score (nSPS) is 37.9. The molecule has 3 atom stereocenters. The van der Waals surface area contributed by atoms with Gasteiger partial charge in [0.15, 0.2) is 0 Å². The Hall–Kier alpha value is 0.350. The number of thioether (sulfide) groups is 1. The van der Waals surface area contributed by atoms with Crippen LogP contribution in [0.15, 0.2) is 0 Å². The smallest absolute Gasteiger partial charge is 0.00527 e. The lowest BCUT2D eigenvalue weighted by Gasteiger charge is -2.06. The fourth-order valence-corrected chi connectivity index (χ4v) is 3.42. The average molecular weight is 172 g/mol. The maximum Gasteiger partial charge on any atom is 0.00527 e. The third kappa shape index (κ3) is 2.70. The molecule has 0 bridgehead atoms. The van der Waals surface area contributed by atoms with Gasteiger partial charge >= 0.3 is 0 Å². The largest absolute Gasteiger partial charge is 0.155 e. The lowest BCUT2D eigenvalue weighted by Crippen LogP contribution is -2.01. The first kappa shape index (κ1) is 9.44. The van der Waals surface area contributed by atoms with E-state index in [4.69, 9.17) is 0 Å². The monoisotopic (exact) mass is 172 g/mol. The van der Waals surface area contributed by atoms with Gasteiger partial charge in [0.1, 0.15) is 0 Å². The topological polar surface area (TPSA) is 0 Å². The zero-order chi connectivity index (χ0) is 8.27. The summed E-state index contributed by atoms with van der Waals surface area (Å²) in [7, 11) is 0. The van der Waals surface area contributed by atoms with Crippen LogP contribution in [0.1, 0.15) is 46.5 Å². The van der Waals surface area contributed by atoms with Gasteiger partial charge in [-0.15, -0.1) is 0 Å². The van der Waals surface area contributed by atoms with Gasteiger partial charge in [-0.2, -0.15) is 11.8 Å². The molecule has 0 aliphatic carbocycles. The number of hydrogen-bond donors (Lipinski definition) is 0.